The Balaban J connectivity index is 0.958. The Kier molecular flexibility index (Phi) is 12.2. The van der Waals surface area contributed by atoms with E-state index in [0.29, 0.717) is 30.2 Å². The van der Waals surface area contributed by atoms with Crippen LogP contribution >= 0.6 is 0 Å². The molecular formula is C48H49N9O6. The molecule has 6 aromatic rings. The van der Waals surface area contributed by atoms with Gasteiger partial charge in [0.2, 0.25) is 5.91 Å². The number of nitriles is 1. The summed E-state index contributed by atoms with van der Waals surface area (Å²) in [7, 11) is 2.53. The predicted octanol–water partition coefficient (Wildman–Crippen LogP) is 7.84. The number of hydrogen-bond donors (Lipinski definition) is 4. The summed E-state index contributed by atoms with van der Waals surface area (Å²) in [6.45, 7) is 4.58. The van der Waals surface area contributed by atoms with Gasteiger partial charge in [-0.25, -0.2) is 19.6 Å². The molecule has 0 radical (unpaired) electrons. The third kappa shape index (κ3) is 8.83. The lowest BCUT2D eigenvalue weighted by molar-refractivity contribution is -0.136. The first-order valence-electron chi connectivity index (χ1n) is 21.0. The summed E-state index contributed by atoms with van der Waals surface area (Å²) in [4.78, 5) is 71.6. The topological polar surface area (TPSA) is 198 Å². The summed E-state index contributed by atoms with van der Waals surface area (Å²) in [5.74, 6) is 0.256. The molecule has 4 aromatic carbocycles. The molecule has 5 atom stereocenters. The van der Waals surface area contributed by atoms with E-state index in [1.807, 2.05) is 38.2 Å². The number of aromatic nitrogens is 4. The van der Waals surface area contributed by atoms with Crippen LogP contribution in [-0.2, 0) is 19.1 Å². The van der Waals surface area contributed by atoms with Crippen molar-refractivity contribution < 1.29 is 28.7 Å². The van der Waals surface area contributed by atoms with Crippen molar-refractivity contribution in [2.45, 2.75) is 57.3 Å². The van der Waals surface area contributed by atoms with Crippen LogP contribution in [-0.4, -0.2) is 87.1 Å². The first-order chi connectivity index (χ1) is 30.5. The average Bonchev–Trinajstić information content (AvgIpc) is 4.16. The number of rotatable bonds is 11. The summed E-state index contributed by atoms with van der Waals surface area (Å²) in [5, 5.41) is 17.4. The standard InChI is InChI=1S/C48H49N9O6/c1-28(2)41(54-47(60)62-3)45(58)56-20-8-11-39(56)43-50-26-38(53-43)36-19-18-34-22-33(16-17-35(34)23-36)30-12-14-31(15-13-30)37-25-51-44(52-37)40-21-29(24-49)27-57(40)46(59)42(55-48(61)63-4)32-9-6-5-7-10-32/h5-7,9-10,12-19,22-23,25-26,28-29,39-42H,8,11,20-21,27H2,1-4H3,(H,50,53)(H,51,52)(H,54,60)(H,55,61). The number of carbonyl (C=O) groups is 4. The van der Waals surface area contributed by atoms with Gasteiger partial charge in [-0.2, -0.15) is 5.26 Å². The van der Waals surface area contributed by atoms with Gasteiger partial charge < -0.3 is 39.9 Å². The van der Waals surface area contributed by atoms with Crippen molar-refractivity contribution >= 4 is 34.8 Å². The molecule has 2 aliphatic heterocycles. The van der Waals surface area contributed by atoms with Crippen molar-refractivity contribution in [3.05, 3.63) is 121 Å². The van der Waals surface area contributed by atoms with Gasteiger partial charge in [-0.1, -0.05) is 92.7 Å². The van der Waals surface area contributed by atoms with Crippen LogP contribution in [0.2, 0.25) is 0 Å². The first-order valence-corrected chi connectivity index (χ1v) is 21.0. The van der Waals surface area contributed by atoms with Crippen LogP contribution in [0.1, 0.15) is 68.4 Å². The number of ether oxygens (including phenoxy) is 2. The highest BCUT2D eigenvalue weighted by atomic mass is 16.5. The van der Waals surface area contributed by atoms with E-state index in [-0.39, 0.29) is 30.3 Å². The molecule has 4 N–H and O–H groups in total. The van der Waals surface area contributed by atoms with Crippen LogP contribution < -0.4 is 10.6 Å². The van der Waals surface area contributed by atoms with Gasteiger partial charge in [-0.05, 0) is 70.3 Å². The fourth-order valence-corrected chi connectivity index (χ4v) is 8.64. The quantitative estimate of drug-likeness (QED) is 0.100. The molecule has 5 unspecified atom stereocenters. The summed E-state index contributed by atoms with van der Waals surface area (Å²) in [6.07, 6.45) is 4.19. The van der Waals surface area contributed by atoms with E-state index in [4.69, 9.17) is 14.5 Å². The number of alkyl carbamates (subject to hydrolysis) is 2. The number of methoxy groups -OCH3 is 2. The lowest BCUT2D eigenvalue weighted by atomic mass is 9.98. The van der Waals surface area contributed by atoms with Gasteiger partial charge in [-0.15, -0.1) is 0 Å². The molecule has 15 nitrogen and oxygen atoms in total. The molecule has 15 heteroatoms. The highest BCUT2D eigenvalue weighted by molar-refractivity contribution is 5.91. The van der Waals surface area contributed by atoms with Gasteiger partial charge in [0.15, 0.2) is 0 Å². The maximum Gasteiger partial charge on any atom is 0.407 e. The molecule has 4 heterocycles. The fraction of sp³-hybridized carbons (Fsp3) is 0.312. The van der Waals surface area contributed by atoms with E-state index in [0.717, 1.165) is 57.3 Å². The molecule has 0 aliphatic carbocycles. The summed E-state index contributed by atoms with van der Waals surface area (Å²) >= 11 is 0. The third-order valence-electron chi connectivity index (χ3n) is 12.0. The molecule has 4 amide bonds. The molecule has 322 valence electrons. The number of aromatic amines is 2. The number of nitrogens with one attached hydrogen (secondary N) is 4. The van der Waals surface area contributed by atoms with Crippen molar-refractivity contribution in [1.82, 2.24) is 40.4 Å². The molecule has 2 aromatic heterocycles. The van der Waals surface area contributed by atoms with Gasteiger partial charge in [0, 0.05) is 18.7 Å². The lowest BCUT2D eigenvalue weighted by Gasteiger charge is -2.30. The number of likely N-dealkylation sites (tertiary alicyclic amines) is 2. The number of imidazole rings is 2. The van der Waals surface area contributed by atoms with Crippen LogP contribution in [0.3, 0.4) is 0 Å². The minimum atomic E-state index is -1.00. The highest BCUT2D eigenvalue weighted by Gasteiger charge is 2.42. The first kappa shape index (κ1) is 42.2. The Morgan fingerprint density at radius 1 is 0.730 bits per heavy atom. The Hall–Kier alpha value is -7.47. The van der Waals surface area contributed by atoms with Crippen molar-refractivity contribution in [3.63, 3.8) is 0 Å². The number of nitrogens with zero attached hydrogens (tertiary/aromatic N) is 5. The predicted molar refractivity (Wildman–Crippen MR) is 235 cm³/mol. The molecule has 2 fully saturated rings. The zero-order valence-corrected chi connectivity index (χ0v) is 35.5. The molecule has 2 aliphatic rings. The van der Waals surface area contributed by atoms with E-state index >= 15 is 0 Å². The summed E-state index contributed by atoms with van der Waals surface area (Å²) < 4.78 is 9.59. The van der Waals surface area contributed by atoms with E-state index in [1.165, 1.54) is 14.2 Å². The number of H-pyrrole nitrogens is 2. The molecule has 2 saturated heterocycles. The van der Waals surface area contributed by atoms with Crippen molar-refractivity contribution in [3.8, 4) is 39.7 Å². The van der Waals surface area contributed by atoms with Gasteiger partial charge in [-0.3, -0.25) is 9.59 Å². The molecule has 0 spiro atoms. The zero-order valence-electron chi connectivity index (χ0n) is 35.5. The van der Waals surface area contributed by atoms with Crippen LogP contribution in [0.25, 0.3) is 44.4 Å². The molecular weight excluding hydrogens is 799 g/mol. The highest BCUT2D eigenvalue weighted by Crippen LogP contribution is 2.38. The number of benzene rings is 4. The van der Waals surface area contributed by atoms with Crippen molar-refractivity contribution in [1.29, 1.82) is 5.26 Å². The minimum Gasteiger partial charge on any atom is -0.453 e. The largest absolute Gasteiger partial charge is 0.453 e. The summed E-state index contributed by atoms with van der Waals surface area (Å²) in [6, 6.07) is 29.6. The van der Waals surface area contributed by atoms with Crippen LogP contribution in [0.4, 0.5) is 9.59 Å². The van der Waals surface area contributed by atoms with Gasteiger partial charge in [0.25, 0.3) is 5.91 Å². The Bertz CT molecular complexity index is 2670. The second-order valence-electron chi connectivity index (χ2n) is 16.3. The van der Waals surface area contributed by atoms with E-state index in [2.05, 4.69) is 80.2 Å². The Morgan fingerprint density at radius 2 is 1.32 bits per heavy atom. The molecule has 0 bridgehead atoms. The monoisotopic (exact) mass is 847 g/mol. The second-order valence-corrected chi connectivity index (χ2v) is 16.3. The number of fused-ring (bicyclic) bond motifs is 1. The summed E-state index contributed by atoms with van der Waals surface area (Å²) in [5.41, 5.74) is 6.20. The van der Waals surface area contributed by atoms with Gasteiger partial charge in [0.1, 0.15) is 23.7 Å². The van der Waals surface area contributed by atoms with Crippen LogP contribution in [0.5, 0.6) is 0 Å². The number of carbonyl (C=O) groups excluding carboxylic acids is 4. The van der Waals surface area contributed by atoms with Crippen LogP contribution in [0, 0.1) is 23.2 Å². The minimum absolute atomic E-state index is 0.117. The van der Waals surface area contributed by atoms with E-state index < -0.39 is 36.2 Å². The van der Waals surface area contributed by atoms with Gasteiger partial charge in [0.05, 0.1) is 62.1 Å². The Morgan fingerprint density at radius 3 is 1.97 bits per heavy atom. The molecule has 0 saturated carbocycles. The third-order valence-corrected chi connectivity index (χ3v) is 12.0. The smallest absolute Gasteiger partial charge is 0.407 e. The van der Waals surface area contributed by atoms with Gasteiger partial charge >= 0.3 is 12.2 Å². The second kappa shape index (κ2) is 18.3. The SMILES string of the molecule is COC(=O)NC(C(=O)N1CC(C#N)CC1c1ncc(-c2ccc(-c3ccc4cc(-c5cnc(C6CCCN6C(=O)C(NC(=O)OC)C(C)C)[nH]5)ccc4c3)cc2)[nH]1)c1ccccc1. The fourth-order valence-electron chi connectivity index (χ4n) is 8.64. The lowest BCUT2D eigenvalue weighted by Crippen LogP contribution is -2.51. The maximum absolute atomic E-state index is 14.1. The number of amides is 4. The average molecular weight is 848 g/mol. The Labute approximate surface area is 364 Å². The van der Waals surface area contributed by atoms with Crippen LogP contribution in [0.15, 0.2) is 103 Å². The zero-order chi connectivity index (χ0) is 44.2. The normalized spacial score (nSPS) is 18.2. The van der Waals surface area contributed by atoms with Crippen molar-refractivity contribution in [2.75, 3.05) is 27.3 Å². The van der Waals surface area contributed by atoms with E-state index in [1.54, 1.807) is 40.3 Å². The van der Waals surface area contributed by atoms with Crippen molar-refractivity contribution in [2.24, 2.45) is 11.8 Å². The molecule has 8 rings (SSSR count). The molecule has 63 heavy (non-hydrogen) atoms. The number of hydrogen-bond acceptors (Lipinski definition) is 9. The maximum atomic E-state index is 14.1. The van der Waals surface area contributed by atoms with E-state index in [9.17, 15) is 24.4 Å².